The molecule has 23 heavy (non-hydrogen) atoms. The van der Waals surface area contributed by atoms with Gasteiger partial charge in [0, 0.05) is 39.6 Å². The molecular formula is C17H23N3O3. The van der Waals surface area contributed by atoms with Crippen molar-refractivity contribution in [3.05, 3.63) is 35.4 Å². The highest BCUT2D eigenvalue weighted by Crippen LogP contribution is 2.21. The largest absolute Gasteiger partial charge is 0.344 e. The van der Waals surface area contributed by atoms with E-state index < -0.39 is 0 Å². The predicted octanol–water partition coefficient (Wildman–Crippen LogP) is 1.08. The smallest absolute Gasteiger partial charge is 0.261 e. The Bertz CT molecular complexity index is 580. The number of imide groups is 1. The van der Waals surface area contributed by atoms with Gasteiger partial charge in [0.05, 0.1) is 11.1 Å². The van der Waals surface area contributed by atoms with Gasteiger partial charge in [-0.3, -0.25) is 19.3 Å². The number of fused-ring (bicyclic) bond motifs is 1. The number of carbonyl (C=O) groups is 3. The summed E-state index contributed by atoms with van der Waals surface area (Å²) < 4.78 is 0. The molecule has 0 unspecified atom stereocenters. The van der Waals surface area contributed by atoms with E-state index in [2.05, 4.69) is 0 Å². The van der Waals surface area contributed by atoms with E-state index in [1.165, 1.54) is 4.90 Å². The molecule has 0 saturated heterocycles. The van der Waals surface area contributed by atoms with Gasteiger partial charge in [0.15, 0.2) is 0 Å². The van der Waals surface area contributed by atoms with Crippen molar-refractivity contribution in [2.45, 2.75) is 13.3 Å². The van der Waals surface area contributed by atoms with Gasteiger partial charge in [-0.1, -0.05) is 19.1 Å². The Morgan fingerprint density at radius 3 is 2.09 bits per heavy atom. The van der Waals surface area contributed by atoms with Crippen LogP contribution in [-0.2, 0) is 4.79 Å². The summed E-state index contributed by atoms with van der Waals surface area (Å²) >= 11 is 0. The first-order valence-corrected chi connectivity index (χ1v) is 7.83. The van der Waals surface area contributed by atoms with Crippen molar-refractivity contribution in [1.82, 2.24) is 14.7 Å². The molecule has 0 aromatic heterocycles. The highest BCUT2D eigenvalue weighted by molar-refractivity contribution is 6.21. The van der Waals surface area contributed by atoms with Gasteiger partial charge in [-0.25, -0.2) is 0 Å². The SMILES string of the molecule is CCC(=O)N(C)CCN(C)CCN1C(=O)c2ccccc2C1=O. The number of amides is 3. The summed E-state index contributed by atoms with van der Waals surface area (Å²) in [7, 11) is 3.70. The van der Waals surface area contributed by atoms with Crippen LogP contribution in [0.3, 0.4) is 0 Å². The summed E-state index contributed by atoms with van der Waals surface area (Å²) in [4.78, 5) is 41.0. The molecule has 0 fully saturated rings. The van der Waals surface area contributed by atoms with Crippen molar-refractivity contribution < 1.29 is 14.4 Å². The van der Waals surface area contributed by atoms with Crippen LogP contribution in [0.25, 0.3) is 0 Å². The van der Waals surface area contributed by atoms with Gasteiger partial charge in [-0.05, 0) is 19.2 Å². The highest BCUT2D eigenvalue weighted by atomic mass is 16.2. The Morgan fingerprint density at radius 2 is 1.57 bits per heavy atom. The van der Waals surface area contributed by atoms with E-state index in [1.54, 1.807) is 36.2 Å². The summed E-state index contributed by atoms with van der Waals surface area (Å²) in [6, 6.07) is 6.90. The van der Waals surface area contributed by atoms with Crippen LogP contribution in [0, 0.1) is 0 Å². The Hall–Kier alpha value is -2.21. The van der Waals surface area contributed by atoms with E-state index >= 15 is 0 Å². The average molecular weight is 317 g/mol. The minimum absolute atomic E-state index is 0.110. The van der Waals surface area contributed by atoms with Crippen molar-refractivity contribution >= 4 is 17.7 Å². The van der Waals surface area contributed by atoms with Gasteiger partial charge in [0.2, 0.25) is 5.91 Å². The molecule has 6 nitrogen and oxygen atoms in total. The van der Waals surface area contributed by atoms with Crippen LogP contribution in [0.4, 0.5) is 0 Å². The molecular weight excluding hydrogens is 294 g/mol. The van der Waals surface area contributed by atoms with Crippen molar-refractivity contribution in [3.8, 4) is 0 Å². The number of carbonyl (C=O) groups excluding carboxylic acids is 3. The van der Waals surface area contributed by atoms with Crippen molar-refractivity contribution in [2.24, 2.45) is 0 Å². The minimum atomic E-state index is -0.225. The molecule has 1 aliphatic heterocycles. The van der Waals surface area contributed by atoms with Crippen LogP contribution < -0.4 is 0 Å². The van der Waals surface area contributed by atoms with Crippen LogP contribution in [0.15, 0.2) is 24.3 Å². The molecule has 1 aromatic carbocycles. The second-order valence-corrected chi connectivity index (χ2v) is 5.78. The number of hydrogen-bond donors (Lipinski definition) is 0. The fourth-order valence-electron chi connectivity index (χ4n) is 2.54. The molecule has 124 valence electrons. The van der Waals surface area contributed by atoms with Crippen LogP contribution in [0.2, 0.25) is 0 Å². The zero-order valence-electron chi connectivity index (χ0n) is 13.9. The normalized spacial score (nSPS) is 13.7. The fraction of sp³-hybridized carbons (Fsp3) is 0.471. The van der Waals surface area contributed by atoms with Gasteiger partial charge < -0.3 is 9.80 Å². The van der Waals surface area contributed by atoms with E-state index in [-0.39, 0.29) is 17.7 Å². The first-order valence-electron chi connectivity index (χ1n) is 7.83. The monoisotopic (exact) mass is 317 g/mol. The molecule has 0 spiro atoms. The standard InChI is InChI=1S/C17H23N3O3/c1-4-15(21)19(3)11-9-18(2)10-12-20-16(22)13-7-5-6-8-14(13)17(20)23/h5-8H,4,9-12H2,1-3H3. The molecule has 0 N–H and O–H groups in total. The molecule has 0 radical (unpaired) electrons. The Kier molecular flexibility index (Phi) is 5.50. The highest BCUT2D eigenvalue weighted by Gasteiger charge is 2.34. The summed E-state index contributed by atoms with van der Waals surface area (Å²) in [6.07, 6.45) is 0.495. The third kappa shape index (κ3) is 3.76. The second kappa shape index (κ2) is 7.37. The third-order valence-electron chi connectivity index (χ3n) is 4.13. The first-order chi connectivity index (χ1) is 11.0. The van der Waals surface area contributed by atoms with Crippen LogP contribution in [0.1, 0.15) is 34.1 Å². The Balaban J connectivity index is 1.84. The molecule has 1 heterocycles. The maximum absolute atomic E-state index is 12.2. The predicted molar refractivity (Wildman–Crippen MR) is 87.2 cm³/mol. The van der Waals surface area contributed by atoms with E-state index in [0.717, 1.165) is 0 Å². The molecule has 1 aromatic rings. The van der Waals surface area contributed by atoms with E-state index in [1.807, 2.05) is 18.9 Å². The maximum Gasteiger partial charge on any atom is 0.261 e. The van der Waals surface area contributed by atoms with E-state index in [4.69, 9.17) is 0 Å². The van der Waals surface area contributed by atoms with E-state index in [9.17, 15) is 14.4 Å². The van der Waals surface area contributed by atoms with Crippen LogP contribution in [0.5, 0.6) is 0 Å². The van der Waals surface area contributed by atoms with Crippen LogP contribution in [-0.4, -0.2) is 72.7 Å². The minimum Gasteiger partial charge on any atom is -0.344 e. The second-order valence-electron chi connectivity index (χ2n) is 5.78. The van der Waals surface area contributed by atoms with Crippen molar-refractivity contribution in [1.29, 1.82) is 0 Å². The molecule has 0 aliphatic carbocycles. The van der Waals surface area contributed by atoms with Gasteiger partial charge >= 0.3 is 0 Å². The first kappa shape index (κ1) is 17.1. The van der Waals surface area contributed by atoms with Crippen LogP contribution >= 0.6 is 0 Å². The lowest BCUT2D eigenvalue weighted by Gasteiger charge is -2.23. The van der Waals surface area contributed by atoms with Gasteiger partial charge in [0.25, 0.3) is 11.8 Å². The molecule has 3 amide bonds. The fourth-order valence-corrected chi connectivity index (χ4v) is 2.54. The molecule has 0 bridgehead atoms. The molecule has 1 aliphatic rings. The van der Waals surface area contributed by atoms with Crippen molar-refractivity contribution in [3.63, 3.8) is 0 Å². The average Bonchev–Trinajstić information content (AvgIpc) is 2.81. The molecule has 6 heteroatoms. The topological polar surface area (TPSA) is 60.9 Å². The lowest BCUT2D eigenvalue weighted by molar-refractivity contribution is -0.129. The number of likely N-dealkylation sites (N-methyl/N-ethyl adjacent to an activating group) is 2. The third-order valence-corrected chi connectivity index (χ3v) is 4.13. The number of rotatable bonds is 7. The molecule has 2 rings (SSSR count). The summed E-state index contributed by atoms with van der Waals surface area (Å²) in [6.45, 7) is 4.11. The van der Waals surface area contributed by atoms with Crippen molar-refractivity contribution in [2.75, 3.05) is 40.3 Å². The summed E-state index contributed by atoms with van der Waals surface area (Å²) in [5.74, 6) is -0.340. The number of benzene rings is 1. The van der Waals surface area contributed by atoms with Gasteiger partial charge in [0.1, 0.15) is 0 Å². The number of nitrogens with zero attached hydrogens (tertiary/aromatic N) is 3. The molecule has 0 saturated carbocycles. The lowest BCUT2D eigenvalue weighted by atomic mass is 10.1. The van der Waals surface area contributed by atoms with E-state index in [0.29, 0.717) is 43.7 Å². The van der Waals surface area contributed by atoms with Gasteiger partial charge in [-0.15, -0.1) is 0 Å². The zero-order valence-corrected chi connectivity index (χ0v) is 13.9. The Labute approximate surface area is 136 Å². The van der Waals surface area contributed by atoms with Gasteiger partial charge in [-0.2, -0.15) is 0 Å². The lowest BCUT2D eigenvalue weighted by Crippen LogP contribution is -2.40. The maximum atomic E-state index is 12.2. The summed E-state index contributed by atoms with van der Waals surface area (Å²) in [5.41, 5.74) is 0.960. The molecule has 0 atom stereocenters. The number of hydrogen-bond acceptors (Lipinski definition) is 4. The Morgan fingerprint density at radius 1 is 1.00 bits per heavy atom. The quantitative estimate of drug-likeness (QED) is 0.706. The summed E-state index contributed by atoms with van der Waals surface area (Å²) in [5, 5.41) is 0. The zero-order chi connectivity index (χ0) is 17.0.